The summed E-state index contributed by atoms with van der Waals surface area (Å²) in [7, 11) is 1.73. The predicted molar refractivity (Wildman–Crippen MR) is 107 cm³/mol. The standard InChI is InChI=1S/C21H21N3O3/c1-3-27-21(26)18(23-22-16-9-5-4-6-10-16)13-15-14-20(25)24(2)19-12-8-7-11-17(15)19/h4-12,14,22H,3,13H2,1-2H3. The van der Waals surface area contributed by atoms with Gasteiger partial charge in [0, 0.05) is 24.9 Å². The van der Waals surface area contributed by atoms with Crippen LogP contribution in [0, 0.1) is 0 Å². The summed E-state index contributed by atoms with van der Waals surface area (Å²) in [6.45, 7) is 1.99. The Bertz CT molecular complexity index is 1040. The predicted octanol–water partition coefficient (Wildman–Crippen LogP) is 3.11. The summed E-state index contributed by atoms with van der Waals surface area (Å²) in [6, 6.07) is 18.5. The Morgan fingerprint density at radius 3 is 2.56 bits per heavy atom. The number of para-hydroxylation sites is 2. The summed E-state index contributed by atoms with van der Waals surface area (Å²) in [5.41, 5.74) is 5.25. The second kappa shape index (κ2) is 8.31. The fourth-order valence-corrected chi connectivity index (χ4v) is 2.82. The lowest BCUT2D eigenvalue weighted by molar-refractivity contribution is -0.135. The van der Waals surface area contributed by atoms with E-state index in [1.807, 2.05) is 54.6 Å². The first kappa shape index (κ1) is 18.4. The largest absolute Gasteiger partial charge is 0.461 e. The van der Waals surface area contributed by atoms with Gasteiger partial charge in [0.2, 0.25) is 0 Å². The number of benzene rings is 2. The quantitative estimate of drug-likeness (QED) is 0.415. The lowest BCUT2D eigenvalue weighted by Crippen LogP contribution is -2.24. The van der Waals surface area contributed by atoms with Crippen LogP contribution in [0.3, 0.4) is 0 Å². The van der Waals surface area contributed by atoms with Crippen molar-refractivity contribution in [2.45, 2.75) is 13.3 Å². The Labute approximate surface area is 157 Å². The number of esters is 1. The molecule has 0 amide bonds. The summed E-state index contributed by atoms with van der Waals surface area (Å²) in [5, 5.41) is 5.15. The Balaban J connectivity index is 1.99. The van der Waals surface area contributed by atoms with E-state index in [1.165, 1.54) is 0 Å². The Hall–Kier alpha value is -3.41. The number of hydrogen-bond acceptors (Lipinski definition) is 5. The number of fused-ring (bicyclic) bond motifs is 1. The first-order valence-corrected chi connectivity index (χ1v) is 8.72. The topological polar surface area (TPSA) is 72.7 Å². The van der Waals surface area contributed by atoms with Crippen molar-refractivity contribution < 1.29 is 9.53 Å². The molecule has 0 radical (unpaired) electrons. The normalized spacial score (nSPS) is 11.4. The van der Waals surface area contributed by atoms with Gasteiger partial charge in [-0.15, -0.1) is 0 Å². The highest BCUT2D eigenvalue weighted by molar-refractivity contribution is 6.37. The molecule has 0 unspecified atom stereocenters. The highest BCUT2D eigenvalue weighted by Crippen LogP contribution is 2.17. The van der Waals surface area contributed by atoms with Crippen LogP contribution in [0.15, 0.2) is 70.6 Å². The van der Waals surface area contributed by atoms with E-state index in [1.54, 1.807) is 24.6 Å². The first-order valence-electron chi connectivity index (χ1n) is 8.72. The number of hydrogen-bond donors (Lipinski definition) is 1. The molecule has 0 fully saturated rings. The molecular weight excluding hydrogens is 342 g/mol. The van der Waals surface area contributed by atoms with Gasteiger partial charge >= 0.3 is 5.97 Å². The van der Waals surface area contributed by atoms with Crippen molar-refractivity contribution in [2.75, 3.05) is 12.0 Å². The fraction of sp³-hybridized carbons (Fsp3) is 0.190. The molecule has 0 bridgehead atoms. The molecule has 2 aromatic carbocycles. The van der Waals surface area contributed by atoms with Crippen LogP contribution in [0.2, 0.25) is 0 Å². The molecule has 6 heteroatoms. The fourth-order valence-electron chi connectivity index (χ4n) is 2.82. The number of hydrazone groups is 1. The van der Waals surface area contributed by atoms with E-state index in [-0.39, 0.29) is 24.3 Å². The van der Waals surface area contributed by atoms with Crippen LogP contribution >= 0.6 is 0 Å². The summed E-state index contributed by atoms with van der Waals surface area (Å²) in [6.07, 6.45) is 0.190. The molecule has 138 valence electrons. The average Bonchev–Trinajstić information content (AvgIpc) is 2.69. The van der Waals surface area contributed by atoms with E-state index in [0.717, 1.165) is 22.2 Å². The van der Waals surface area contributed by atoms with Gasteiger partial charge in [0.25, 0.3) is 5.56 Å². The number of carbonyl (C=O) groups excluding carboxylic acids is 1. The third kappa shape index (κ3) is 4.23. The second-order valence-electron chi connectivity index (χ2n) is 6.02. The number of aromatic nitrogens is 1. The molecule has 1 N–H and O–H groups in total. The van der Waals surface area contributed by atoms with Gasteiger partial charge in [-0.3, -0.25) is 10.2 Å². The number of rotatable bonds is 6. The molecule has 0 saturated carbocycles. The maximum absolute atomic E-state index is 12.4. The number of ether oxygens (including phenoxy) is 1. The third-order valence-corrected chi connectivity index (χ3v) is 4.20. The highest BCUT2D eigenvalue weighted by atomic mass is 16.5. The van der Waals surface area contributed by atoms with Crippen molar-refractivity contribution in [2.24, 2.45) is 12.1 Å². The van der Waals surface area contributed by atoms with Crippen LogP contribution < -0.4 is 11.0 Å². The van der Waals surface area contributed by atoms with E-state index < -0.39 is 5.97 Å². The Kier molecular flexibility index (Phi) is 5.66. The van der Waals surface area contributed by atoms with Crippen LogP contribution in [-0.4, -0.2) is 22.9 Å². The molecule has 0 aliphatic heterocycles. The van der Waals surface area contributed by atoms with Crippen LogP contribution in [0.5, 0.6) is 0 Å². The molecule has 0 saturated heterocycles. The molecule has 0 atom stereocenters. The molecule has 0 aliphatic carbocycles. The van der Waals surface area contributed by atoms with Gasteiger partial charge in [0.05, 0.1) is 17.8 Å². The number of anilines is 1. The monoisotopic (exact) mass is 363 g/mol. The molecule has 3 aromatic rings. The van der Waals surface area contributed by atoms with E-state index >= 15 is 0 Å². The minimum atomic E-state index is -0.509. The van der Waals surface area contributed by atoms with Crippen molar-refractivity contribution in [1.29, 1.82) is 0 Å². The summed E-state index contributed by atoms with van der Waals surface area (Å²) in [4.78, 5) is 24.7. The van der Waals surface area contributed by atoms with Gasteiger partial charge < -0.3 is 9.30 Å². The number of pyridine rings is 1. The van der Waals surface area contributed by atoms with Gasteiger partial charge in [0.15, 0.2) is 0 Å². The van der Waals surface area contributed by atoms with Crippen LogP contribution in [0.4, 0.5) is 5.69 Å². The lowest BCUT2D eigenvalue weighted by atomic mass is 10.0. The molecule has 1 aromatic heterocycles. The summed E-state index contributed by atoms with van der Waals surface area (Å²) in [5.74, 6) is -0.509. The van der Waals surface area contributed by atoms with E-state index in [0.29, 0.717) is 0 Å². The van der Waals surface area contributed by atoms with Gasteiger partial charge in [-0.1, -0.05) is 36.4 Å². The molecule has 0 aliphatic rings. The zero-order chi connectivity index (χ0) is 19.2. The van der Waals surface area contributed by atoms with E-state index in [2.05, 4.69) is 10.5 Å². The molecule has 3 rings (SSSR count). The smallest absolute Gasteiger partial charge is 0.354 e. The third-order valence-electron chi connectivity index (χ3n) is 4.20. The van der Waals surface area contributed by atoms with Crippen LogP contribution in [0.1, 0.15) is 12.5 Å². The maximum atomic E-state index is 12.4. The number of aryl methyl sites for hydroxylation is 1. The zero-order valence-corrected chi connectivity index (χ0v) is 15.3. The summed E-state index contributed by atoms with van der Waals surface area (Å²) < 4.78 is 6.72. The molecular formula is C21H21N3O3. The SMILES string of the molecule is CCOC(=O)C(Cc1cc(=O)n(C)c2ccccc12)=NNc1ccccc1. The molecule has 6 nitrogen and oxygen atoms in total. The first-order chi connectivity index (χ1) is 13.1. The Morgan fingerprint density at radius 1 is 1.11 bits per heavy atom. The van der Waals surface area contributed by atoms with Crippen LogP contribution in [-0.2, 0) is 23.0 Å². The number of nitrogens with one attached hydrogen (secondary N) is 1. The van der Waals surface area contributed by atoms with Gasteiger partial charge in [-0.2, -0.15) is 5.10 Å². The second-order valence-corrected chi connectivity index (χ2v) is 6.02. The lowest BCUT2D eigenvalue weighted by Gasteiger charge is -2.11. The van der Waals surface area contributed by atoms with Crippen molar-refractivity contribution in [3.8, 4) is 0 Å². The van der Waals surface area contributed by atoms with Crippen molar-refractivity contribution in [1.82, 2.24) is 4.57 Å². The van der Waals surface area contributed by atoms with Crippen LogP contribution in [0.25, 0.3) is 10.9 Å². The molecule has 1 heterocycles. The van der Waals surface area contributed by atoms with Gasteiger partial charge in [-0.05, 0) is 30.7 Å². The van der Waals surface area contributed by atoms with Gasteiger partial charge in [-0.25, -0.2) is 4.79 Å². The average molecular weight is 363 g/mol. The number of nitrogens with zero attached hydrogens (tertiary/aromatic N) is 2. The van der Waals surface area contributed by atoms with Crippen molar-refractivity contribution >= 4 is 28.3 Å². The van der Waals surface area contributed by atoms with Crippen molar-refractivity contribution in [3.05, 3.63) is 76.6 Å². The molecule has 0 spiro atoms. The Morgan fingerprint density at radius 2 is 1.81 bits per heavy atom. The van der Waals surface area contributed by atoms with E-state index in [4.69, 9.17) is 4.74 Å². The van der Waals surface area contributed by atoms with Crippen molar-refractivity contribution in [3.63, 3.8) is 0 Å². The summed E-state index contributed by atoms with van der Waals surface area (Å²) >= 11 is 0. The highest BCUT2D eigenvalue weighted by Gasteiger charge is 2.17. The minimum Gasteiger partial charge on any atom is -0.461 e. The molecule has 27 heavy (non-hydrogen) atoms. The van der Waals surface area contributed by atoms with E-state index in [9.17, 15) is 9.59 Å². The van der Waals surface area contributed by atoms with Gasteiger partial charge in [0.1, 0.15) is 5.71 Å². The minimum absolute atomic E-state index is 0.136. The zero-order valence-electron chi connectivity index (χ0n) is 15.3. The maximum Gasteiger partial charge on any atom is 0.354 e. The number of carbonyl (C=O) groups is 1.